The van der Waals surface area contributed by atoms with Crippen LogP contribution in [0.2, 0.25) is 5.02 Å². The number of anilines is 1. The minimum Gasteiger partial charge on any atom is -0.497 e. The highest BCUT2D eigenvalue weighted by Crippen LogP contribution is 2.26. The summed E-state index contributed by atoms with van der Waals surface area (Å²) in [5.41, 5.74) is 0.466. The first-order valence-corrected chi connectivity index (χ1v) is 8.91. The van der Waals surface area contributed by atoms with Gasteiger partial charge in [0, 0.05) is 11.3 Å². The topological polar surface area (TPSA) is 84.5 Å². The molecule has 25 heavy (non-hydrogen) atoms. The average Bonchev–Trinajstić information content (AvgIpc) is 2.60. The third-order valence-corrected chi connectivity index (χ3v) is 5.04. The van der Waals surface area contributed by atoms with E-state index in [9.17, 15) is 13.2 Å². The SMILES string of the molecule is C#CCNC(=O)c1ccc(Cl)c(S(=O)(=O)Nc2ccc(OC)cc2)c1. The van der Waals surface area contributed by atoms with E-state index in [1.54, 1.807) is 24.3 Å². The molecule has 130 valence electrons. The number of carbonyl (C=O) groups excluding carboxylic acids is 1. The summed E-state index contributed by atoms with van der Waals surface area (Å²) in [6.07, 6.45) is 5.08. The maximum atomic E-state index is 12.6. The molecule has 2 rings (SSSR count). The Morgan fingerprint density at radius 2 is 1.92 bits per heavy atom. The molecule has 0 unspecified atom stereocenters. The first-order chi connectivity index (χ1) is 11.9. The van der Waals surface area contributed by atoms with Crippen molar-refractivity contribution >= 4 is 33.2 Å². The van der Waals surface area contributed by atoms with Gasteiger partial charge in [-0.25, -0.2) is 8.42 Å². The van der Waals surface area contributed by atoms with Gasteiger partial charge in [0.15, 0.2) is 0 Å². The van der Waals surface area contributed by atoms with Crippen LogP contribution in [0.25, 0.3) is 0 Å². The Balaban J connectivity index is 2.31. The van der Waals surface area contributed by atoms with Gasteiger partial charge >= 0.3 is 0 Å². The molecule has 2 N–H and O–H groups in total. The molecule has 0 saturated carbocycles. The van der Waals surface area contributed by atoms with Gasteiger partial charge in [0.1, 0.15) is 10.6 Å². The van der Waals surface area contributed by atoms with Crippen LogP contribution >= 0.6 is 11.6 Å². The summed E-state index contributed by atoms with van der Waals surface area (Å²) in [4.78, 5) is 11.7. The van der Waals surface area contributed by atoms with Crippen molar-refractivity contribution in [1.29, 1.82) is 0 Å². The highest BCUT2D eigenvalue weighted by Gasteiger charge is 2.20. The van der Waals surface area contributed by atoms with Crippen LogP contribution in [-0.4, -0.2) is 28.0 Å². The lowest BCUT2D eigenvalue weighted by atomic mass is 10.2. The smallest absolute Gasteiger partial charge is 0.263 e. The van der Waals surface area contributed by atoms with Crippen LogP contribution in [-0.2, 0) is 10.0 Å². The number of halogens is 1. The van der Waals surface area contributed by atoms with Crippen molar-refractivity contribution in [2.75, 3.05) is 18.4 Å². The number of terminal acetylenes is 1. The molecule has 2 aromatic carbocycles. The largest absolute Gasteiger partial charge is 0.497 e. The number of ether oxygens (including phenoxy) is 1. The highest BCUT2D eigenvalue weighted by atomic mass is 35.5. The van der Waals surface area contributed by atoms with Gasteiger partial charge in [0.05, 0.1) is 18.7 Å². The normalized spacial score (nSPS) is 10.6. The van der Waals surface area contributed by atoms with Crippen LogP contribution < -0.4 is 14.8 Å². The molecule has 8 heteroatoms. The van der Waals surface area contributed by atoms with Crippen LogP contribution in [0.15, 0.2) is 47.4 Å². The molecule has 0 atom stereocenters. The number of amides is 1. The molecular weight excluding hydrogens is 364 g/mol. The molecule has 0 spiro atoms. The second kappa shape index (κ2) is 7.92. The molecule has 2 aromatic rings. The molecular formula is C17H15ClN2O4S. The Labute approximate surface area is 151 Å². The number of benzene rings is 2. The molecule has 0 radical (unpaired) electrons. The van der Waals surface area contributed by atoms with Gasteiger partial charge in [0.25, 0.3) is 15.9 Å². The fourth-order valence-corrected chi connectivity index (χ4v) is 3.54. The van der Waals surface area contributed by atoms with Gasteiger partial charge in [0.2, 0.25) is 0 Å². The Morgan fingerprint density at radius 1 is 1.24 bits per heavy atom. The molecule has 0 fully saturated rings. The number of hydrogen-bond acceptors (Lipinski definition) is 4. The first kappa shape index (κ1) is 18.6. The van der Waals surface area contributed by atoms with Gasteiger partial charge in [-0.3, -0.25) is 9.52 Å². The summed E-state index contributed by atoms with van der Waals surface area (Å²) >= 11 is 6.00. The van der Waals surface area contributed by atoms with Crippen LogP contribution in [0.4, 0.5) is 5.69 Å². The summed E-state index contributed by atoms with van der Waals surface area (Å²) in [6.45, 7) is 0.0354. The fraction of sp³-hybridized carbons (Fsp3) is 0.118. The zero-order chi connectivity index (χ0) is 18.4. The summed E-state index contributed by atoms with van der Waals surface area (Å²) in [6, 6.07) is 10.3. The van der Waals surface area contributed by atoms with Gasteiger partial charge < -0.3 is 10.1 Å². The fourth-order valence-electron chi connectivity index (χ4n) is 1.95. The van der Waals surface area contributed by atoms with Gasteiger partial charge in [-0.1, -0.05) is 17.5 Å². The molecule has 1 amide bonds. The van der Waals surface area contributed by atoms with Crippen LogP contribution in [0, 0.1) is 12.3 Å². The molecule has 0 aliphatic carbocycles. The summed E-state index contributed by atoms with van der Waals surface area (Å²) in [5.74, 6) is 2.37. The Hall–Kier alpha value is -2.69. The van der Waals surface area contributed by atoms with Crippen LogP contribution in [0.5, 0.6) is 5.75 Å². The van der Waals surface area contributed by atoms with Gasteiger partial charge in [-0.2, -0.15) is 0 Å². The van der Waals surface area contributed by atoms with E-state index < -0.39 is 15.9 Å². The minimum atomic E-state index is -3.98. The molecule has 0 bridgehead atoms. The summed E-state index contributed by atoms with van der Waals surface area (Å²) in [5, 5.41) is 2.46. The molecule has 6 nitrogen and oxygen atoms in total. The van der Waals surface area contributed by atoms with E-state index in [1.165, 1.54) is 25.3 Å². The number of carbonyl (C=O) groups is 1. The molecule has 0 heterocycles. The van der Waals surface area contributed by atoms with Crippen molar-refractivity contribution in [3.05, 3.63) is 53.1 Å². The van der Waals surface area contributed by atoms with Gasteiger partial charge in [-0.15, -0.1) is 6.42 Å². The zero-order valence-electron chi connectivity index (χ0n) is 13.2. The van der Waals surface area contributed by atoms with E-state index in [0.717, 1.165) is 0 Å². The van der Waals surface area contributed by atoms with E-state index in [-0.39, 0.29) is 22.0 Å². The zero-order valence-corrected chi connectivity index (χ0v) is 14.8. The quantitative estimate of drug-likeness (QED) is 0.756. The lowest BCUT2D eigenvalue weighted by Crippen LogP contribution is -2.24. The van der Waals surface area contributed by atoms with E-state index in [2.05, 4.69) is 16.0 Å². The number of nitrogens with one attached hydrogen (secondary N) is 2. The van der Waals surface area contributed by atoms with Gasteiger partial charge in [-0.05, 0) is 42.5 Å². The number of rotatable bonds is 6. The van der Waals surface area contributed by atoms with Crippen LogP contribution in [0.1, 0.15) is 10.4 Å². The molecule has 0 saturated heterocycles. The lowest BCUT2D eigenvalue weighted by molar-refractivity contribution is 0.0958. The van der Waals surface area contributed by atoms with Crippen molar-refractivity contribution in [3.8, 4) is 18.1 Å². The Kier molecular flexibility index (Phi) is 5.91. The highest BCUT2D eigenvalue weighted by molar-refractivity contribution is 7.92. The van der Waals surface area contributed by atoms with Crippen molar-refractivity contribution in [2.24, 2.45) is 0 Å². The average molecular weight is 379 g/mol. The maximum Gasteiger partial charge on any atom is 0.263 e. The minimum absolute atomic E-state index is 0.00508. The van der Waals surface area contributed by atoms with Crippen molar-refractivity contribution in [1.82, 2.24) is 5.32 Å². The summed E-state index contributed by atoms with van der Waals surface area (Å²) < 4.78 is 32.6. The third-order valence-electron chi connectivity index (χ3n) is 3.18. The standard InChI is InChI=1S/C17H15ClN2O4S/c1-3-10-19-17(21)12-4-9-15(18)16(11-12)25(22,23)20-13-5-7-14(24-2)8-6-13/h1,4-9,11,20H,10H2,2H3,(H,19,21). The van der Waals surface area contributed by atoms with E-state index >= 15 is 0 Å². The Bertz CT molecular complexity index is 919. The third kappa shape index (κ3) is 4.66. The second-order valence-corrected chi connectivity index (χ2v) is 6.92. The predicted molar refractivity (Wildman–Crippen MR) is 96.4 cm³/mol. The molecule has 0 aromatic heterocycles. The van der Waals surface area contributed by atoms with E-state index in [1.807, 2.05) is 0 Å². The Morgan fingerprint density at radius 3 is 2.52 bits per heavy atom. The van der Waals surface area contributed by atoms with E-state index in [0.29, 0.717) is 11.4 Å². The lowest BCUT2D eigenvalue weighted by Gasteiger charge is -2.11. The van der Waals surface area contributed by atoms with E-state index in [4.69, 9.17) is 22.8 Å². The van der Waals surface area contributed by atoms with Crippen molar-refractivity contribution < 1.29 is 17.9 Å². The number of sulfonamides is 1. The summed E-state index contributed by atoms with van der Waals surface area (Å²) in [7, 11) is -2.47. The van der Waals surface area contributed by atoms with Crippen LogP contribution in [0.3, 0.4) is 0 Å². The number of methoxy groups -OCH3 is 1. The predicted octanol–water partition coefficient (Wildman–Crippen LogP) is 2.51. The monoisotopic (exact) mass is 378 g/mol. The molecule has 0 aliphatic rings. The maximum absolute atomic E-state index is 12.6. The second-order valence-electron chi connectivity index (χ2n) is 4.87. The van der Waals surface area contributed by atoms with Crippen molar-refractivity contribution in [3.63, 3.8) is 0 Å². The number of hydrogen-bond donors (Lipinski definition) is 2. The first-order valence-electron chi connectivity index (χ1n) is 7.05. The van der Waals surface area contributed by atoms with Crippen molar-refractivity contribution in [2.45, 2.75) is 4.90 Å². The molecule has 0 aliphatic heterocycles.